The van der Waals surface area contributed by atoms with E-state index in [4.69, 9.17) is 42.1 Å². The van der Waals surface area contributed by atoms with Crippen LogP contribution in [0.3, 0.4) is 0 Å². The van der Waals surface area contributed by atoms with Crippen LogP contribution in [0.15, 0.2) is 134 Å². The van der Waals surface area contributed by atoms with Crippen LogP contribution in [-0.4, -0.2) is 110 Å². The number of halogens is 2. The molecule has 0 saturated carbocycles. The number of aliphatic hydroxyl groups excluding tert-OH is 2. The summed E-state index contributed by atoms with van der Waals surface area (Å²) in [5.41, 5.74) is 5.26. The van der Waals surface area contributed by atoms with Crippen molar-refractivity contribution in [3.8, 4) is 45.8 Å². The van der Waals surface area contributed by atoms with Crippen LogP contribution < -0.4 is 18.9 Å². The number of hydrogen-bond acceptors (Lipinski definition) is 14. The van der Waals surface area contributed by atoms with E-state index in [-0.39, 0.29) is 49.6 Å². The number of nitrogens with zero attached hydrogens (tertiary/aromatic N) is 8. The average Bonchev–Trinajstić information content (AvgIpc) is 4.20. The smallest absolute Gasteiger partial charge is 0.326 e. The molecule has 0 radical (unpaired) electrons. The number of pyridine rings is 2. The Labute approximate surface area is 461 Å². The highest BCUT2D eigenvalue weighted by Gasteiger charge is 2.38. The molecule has 78 heavy (non-hydrogen) atoms. The summed E-state index contributed by atoms with van der Waals surface area (Å²) in [5.74, 6) is 0.427. The van der Waals surface area contributed by atoms with Gasteiger partial charge in [-0.25, -0.2) is 19.3 Å². The fraction of sp³-hybridized carbons (Fsp3) is 0.276. The highest BCUT2D eigenvalue weighted by Crippen LogP contribution is 2.39. The molecule has 8 aromatic rings. The number of hydrogen-bond donors (Lipinski definition) is 4. The lowest BCUT2D eigenvalue weighted by Gasteiger charge is -2.33. The number of ether oxygens (including phenoxy) is 4. The lowest BCUT2D eigenvalue weighted by Crippen LogP contribution is -2.52. The van der Waals surface area contributed by atoms with Gasteiger partial charge in [0.2, 0.25) is 0 Å². The van der Waals surface area contributed by atoms with Crippen molar-refractivity contribution in [2.45, 2.75) is 78.3 Å². The third-order valence-corrected chi connectivity index (χ3v) is 14.7. The third-order valence-electron chi connectivity index (χ3n) is 14.1. The Kier molecular flexibility index (Phi) is 17.8. The van der Waals surface area contributed by atoms with Crippen LogP contribution in [0.5, 0.6) is 23.0 Å². The summed E-state index contributed by atoms with van der Waals surface area (Å²) in [7, 11) is 3.22. The first-order valence-electron chi connectivity index (χ1n) is 24.8. The van der Waals surface area contributed by atoms with Gasteiger partial charge in [0, 0.05) is 84.7 Å². The normalized spacial score (nSPS) is 13.0. The number of carbonyl (C=O) groups is 2. The van der Waals surface area contributed by atoms with Gasteiger partial charge in [0.25, 0.3) is 0 Å². The van der Waals surface area contributed by atoms with Crippen molar-refractivity contribution in [2.75, 3.05) is 27.3 Å². The fourth-order valence-electron chi connectivity index (χ4n) is 8.43. The van der Waals surface area contributed by atoms with E-state index in [0.29, 0.717) is 45.8 Å². The minimum atomic E-state index is -1.58. The molecule has 406 valence electrons. The molecule has 18 nitrogen and oxygen atoms in total. The molecule has 4 aromatic heterocycles. The van der Waals surface area contributed by atoms with Crippen LogP contribution in [0, 0.1) is 13.8 Å². The molecular weight excluding hydrogens is 1040 g/mol. The molecule has 4 N–H and O–H groups in total. The first-order chi connectivity index (χ1) is 37.4. The SMILES string of the molecule is Cc1c(COc2cc(OCc3ccc(-n4cccn4)nc3)c(CN(C)C(C)(CO)C(=O)O)cc2Cl)cccc1-c1cccc(COc2cc(OCc3ccc(-n4cccn4)nc3)c(CN(C)C(C)(CO)C(=O)O)cc2Cl)c1C. The van der Waals surface area contributed by atoms with Crippen LogP contribution in [0.2, 0.25) is 10.0 Å². The van der Waals surface area contributed by atoms with Gasteiger partial charge in [-0.1, -0.05) is 71.7 Å². The lowest BCUT2D eigenvalue weighted by molar-refractivity contribution is -0.153. The van der Waals surface area contributed by atoms with Gasteiger partial charge in [0.05, 0.1) is 23.3 Å². The number of carboxylic acid groups (broad SMARTS) is 2. The molecule has 0 spiro atoms. The van der Waals surface area contributed by atoms with Crippen LogP contribution in [0.25, 0.3) is 22.8 Å². The first kappa shape index (κ1) is 56.4. The molecule has 2 atom stereocenters. The molecule has 0 bridgehead atoms. The molecule has 0 aliphatic rings. The molecule has 4 aromatic carbocycles. The van der Waals surface area contributed by atoms with Crippen LogP contribution in [0.1, 0.15) is 58.4 Å². The zero-order chi connectivity index (χ0) is 55.7. The number of carboxylic acids is 2. The van der Waals surface area contributed by atoms with E-state index in [0.717, 1.165) is 44.5 Å². The number of rotatable bonds is 25. The number of aliphatic hydroxyl groups is 2. The van der Waals surface area contributed by atoms with E-state index in [1.54, 1.807) is 84.9 Å². The molecule has 4 heterocycles. The summed E-state index contributed by atoms with van der Waals surface area (Å²) in [6, 6.07) is 29.8. The maximum Gasteiger partial charge on any atom is 0.326 e. The van der Waals surface area contributed by atoms with Crippen LogP contribution in [-0.2, 0) is 49.1 Å². The quantitative estimate of drug-likeness (QED) is 0.0419. The van der Waals surface area contributed by atoms with Crippen LogP contribution in [0.4, 0.5) is 0 Å². The Hall–Kier alpha value is -7.84. The summed E-state index contributed by atoms with van der Waals surface area (Å²) < 4.78 is 29.0. The Morgan fingerprint density at radius 3 is 1.28 bits per heavy atom. The van der Waals surface area contributed by atoms with Gasteiger partial charge in [-0.3, -0.25) is 19.4 Å². The number of likely N-dealkylation sites (N-methyl/N-ethyl adjacent to an activating group) is 2. The minimum Gasteiger partial charge on any atom is -0.488 e. The van der Waals surface area contributed by atoms with Crippen molar-refractivity contribution in [3.63, 3.8) is 0 Å². The maximum atomic E-state index is 12.2. The number of benzene rings is 4. The van der Waals surface area contributed by atoms with E-state index in [1.165, 1.54) is 23.6 Å². The standard InChI is InChI=1S/C58H60Cl2N8O10/c1-37-41(33-77-51-25-49(43(23-47(51)59)29-65(5)57(3,35-69)55(71)72)75-31-39-15-17-53(61-27-39)67-21-9-19-63-67)11-7-13-45(37)46-14-8-12-42(38(46)2)34-78-52-26-50(44(24-48(52)60)30-66(6)58(4,36-70)56(73)74)76-32-40-16-18-54(62-28-40)68-22-10-20-64-68/h7-28,69-70H,29-36H2,1-6H3,(H,71,72)(H,73,74). The highest BCUT2D eigenvalue weighted by molar-refractivity contribution is 6.32. The second kappa shape index (κ2) is 24.7. The molecule has 0 fully saturated rings. The Morgan fingerprint density at radius 2 is 0.949 bits per heavy atom. The second-order valence-electron chi connectivity index (χ2n) is 19.3. The summed E-state index contributed by atoms with van der Waals surface area (Å²) in [6.45, 7) is 6.42. The van der Waals surface area contributed by atoms with Gasteiger partial charge < -0.3 is 39.4 Å². The lowest BCUT2D eigenvalue weighted by atomic mass is 9.92. The molecule has 0 amide bonds. The minimum absolute atomic E-state index is 0.0799. The molecule has 8 rings (SSSR count). The summed E-state index contributed by atoms with van der Waals surface area (Å²) in [4.78, 5) is 36.6. The first-order valence-corrected chi connectivity index (χ1v) is 25.5. The third kappa shape index (κ3) is 12.6. The number of aliphatic carboxylic acids is 2. The van der Waals surface area contributed by atoms with Crippen molar-refractivity contribution in [1.29, 1.82) is 0 Å². The predicted molar refractivity (Wildman–Crippen MR) is 293 cm³/mol. The molecule has 0 saturated heterocycles. The topological polar surface area (TPSA) is 220 Å². The van der Waals surface area contributed by atoms with Crippen molar-refractivity contribution < 1.29 is 49.0 Å². The van der Waals surface area contributed by atoms with Gasteiger partial charge in [-0.15, -0.1) is 0 Å². The summed E-state index contributed by atoms with van der Waals surface area (Å²) in [5, 5.41) is 49.2. The van der Waals surface area contributed by atoms with E-state index < -0.39 is 36.2 Å². The molecule has 0 aliphatic heterocycles. The van der Waals surface area contributed by atoms with Crippen molar-refractivity contribution in [3.05, 3.63) is 189 Å². The van der Waals surface area contributed by atoms with Crippen molar-refractivity contribution >= 4 is 35.1 Å². The molecule has 0 aliphatic carbocycles. The number of aromatic nitrogens is 6. The average molecular weight is 1100 g/mol. The van der Waals surface area contributed by atoms with E-state index >= 15 is 0 Å². The van der Waals surface area contributed by atoms with Crippen molar-refractivity contribution in [2.24, 2.45) is 0 Å². The predicted octanol–water partition coefficient (Wildman–Crippen LogP) is 9.29. The fourth-order valence-corrected chi connectivity index (χ4v) is 8.91. The van der Waals surface area contributed by atoms with Gasteiger partial charge in [0.1, 0.15) is 60.5 Å². The van der Waals surface area contributed by atoms with E-state index in [9.17, 15) is 30.0 Å². The van der Waals surface area contributed by atoms with Gasteiger partial charge in [-0.2, -0.15) is 10.2 Å². The van der Waals surface area contributed by atoms with Gasteiger partial charge >= 0.3 is 11.9 Å². The maximum absolute atomic E-state index is 12.2. The zero-order valence-electron chi connectivity index (χ0n) is 43.9. The Bertz CT molecular complexity index is 3140. The van der Waals surface area contributed by atoms with Gasteiger partial charge in [-0.05, 0) is 112 Å². The highest BCUT2D eigenvalue weighted by atomic mass is 35.5. The Balaban J connectivity index is 1.00. The second-order valence-corrected chi connectivity index (χ2v) is 20.1. The largest absolute Gasteiger partial charge is 0.488 e. The Morgan fingerprint density at radius 1 is 0.551 bits per heavy atom. The van der Waals surface area contributed by atoms with Crippen LogP contribution >= 0.6 is 23.2 Å². The van der Waals surface area contributed by atoms with Crippen molar-refractivity contribution in [1.82, 2.24) is 39.3 Å². The van der Waals surface area contributed by atoms with E-state index in [2.05, 4.69) is 20.2 Å². The molecule has 20 heteroatoms. The molecule has 2 unspecified atom stereocenters. The summed E-state index contributed by atoms with van der Waals surface area (Å²) >= 11 is 13.8. The summed E-state index contributed by atoms with van der Waals surface area (Å²) in [6.07, 6.45) is 10.3. The molecular formula is C58H60Cl2N8O10. The van der Waals surface area contributed by atoms with E-state index in [1.807, 2.05) is 86.6 Å². The monoisotopic (exact) mass is 1100 g/mol. The van der Waals surface area contributed by atoms with Gasteiger partial charge in [0.15, 0.2) is 11.6 Å². The zero-order valence-corrected chi connectivity index (χ0v) is 45.4.